The van der Waals surface area contributed by atoms with Crippen LogP contribution < -0.4 is 5.73 Å². The third-order valence-corrected chi connectivity index (χ3v) is 4.19. The Bertz CT molecular complexity index is 224. The number of nitrogens with zero attached hydrogens (tertiary/aromatic N) is 1. The molecule has 0 spiro atoms. The Kier molecular flexibility index (Phi) is 9.74. The van der Waals surface area contributed by atoms with Crippen molar-refractivity contribution < 1.29 is 0 Å². The maximum absolute atomic E-state index is 6.31. The number of rotatable bonds is 11. The molecule has 0 amide bonds. The molecule has 0 saturated heterocycles. The standard InChI is InChI=1S/C18H40N2/c1-8-9-10-11-20(17(6)7)18(14-19,12-15(2)3)13-16(4)5/h15-17H,8-14,19H2,1-7H3. The van der Waals surface area contributed by atoms with Crippen LogP contribution in [0, 0.1) is 11.8 Å². The van der Waals surface area contributed by atoms with Crippen LogP contribution in [0.5, 0.6) is 0 Å². The molecule has 2 nitrogen and oxygen atoms in total. The summed E-state index contributed by atoms with van der Waals surface area (Å²) >= 11 is 0. The van der Waals surface area contributed by atoms with Gasteiger partial charge in [0.25, 0.3) is 0 Å². The van der Waals surface area contributed by atoms with E-state index >= 15 is 0 Å². The van der Waals surface area contributed by atoms with Gasteiger partial charge in [-0.25, -0.2) is 0 Å². The number of unbranched alkanes of at least 4 members (excludes halogenated alkanes) is 2. The molecule has 0 fully saturated rings. The summed E-state index contributed by atoms with van der Waals surface area (Å²) in [7, 11) is 0. The van der Waals surface area contributed by atoms with Crippen LogP contribution in [0.3, 0.4) is 0 Å². The molecule has 2 heteroatoms. The zero-order valence-electron chi connectivity index (χ0n) is 15.2. The molecule has 0 atom stereocenters. The molecule has 0 unspecified atom stereocenters. The molecule has 0 saturated carbocycles. The molecule has 0 aromatic heterocycles. The van der Waals surface area contributed by atoms with Crippen molar-refractivity contribution >= 4 is 0 Å². The number of hydrogen-bond donors (Lipinski definition) is 1. The Morgan fingerprint density at radius 1 is 0.900 bits per heavy atom. The van der Waals surface area contributed by atoms with Crippen LogP contribution >= 0.6 is 0 Å². The first kappa shape index (κ1) is 19.9. The van der Waals surface area contributed by atoms with Crippen molar-refractivity contribution in [1.29, 1.82) is 0 Å². The van der Waals surface area contributed by atoms with Crippen LogP contribution in [0.2, 0.25) is 0 Å². The second kappa shape index (κ2) is 9.78. The molecule has 0 aliphatic rings. The predicted molar refractivity (Wildman–Crippen MR) is 92.1 cm³/mol. The highest BCUT2D eigenvalue weighted by Crippen LogP contribution is 2.32. The second-order valence-corrected chi connectivity index (χ2v) is 7.62. The van der Waals surface area contributed by atoms with Crippen molar-refractivity contribution in [3.05, 3.63) is 0 Å². The van der Waals surface area contributed by atoms with Gasteiger partial charge in [-0.15, -0.1) is 0 Å². The monoisotopic (exact) mass is 284 g/mol. The van der Waals surface area contributed by atoms with E-state index in [9.17, 15) is 0 Å². The van der Waals surface area contributed by atoms with E-state index < -0.39 is 0 Å². The van der Waals surface area contributed by atoms with Crippen LogP contribution in [0.25, 0.3) is 0 Å². The summed E-state index contributed by atoms with van der Waals surface area (Å²) in [5.41, 5.74) is 6.49. The van der Waals surface area contributed by atoms with Gasteiger partial charge in [-0.3, -0.25) is 4.90 Å². The van der Waals surface area contributed by atoms with E-state index in [2.05, 4.69) is 53.4 Å². The highest BCUT2D eigenvalue weighted by atomic mass is 15.2. The van der Waals surface area contributed by atoms with E-state index in [1.165, 1.54) is 38.6 Å². The van der Waals surface area contributed by atoms with Gasteiger partial charge in [0.1, 0.15) is 0 Å². The minimum atomic E-state index is 0.185. The van der Waals surface area contributed by atoms with Gasteiger partial charge in [-0.2, -0.15) is 0 Å². The van der Waals surface area contributed by atoms with Crippen LogP contribution in [0.15, 0.2) is 0 Å². The molecule has 20 heavy (non-hydrogen) atoms. The lowest BCUT2D eigenvalue weighted by molar-refractivity contribution is 0.0252. The smallest absolute Gasteiger partial charge is 0.0339 e. The Hall–Kier alpha value is -0.0800. The summed E-state index contributed by atoms with van der Waals surface area (Å²) in [6.45, 7) is 18.2. The van der Waals surface area contributed by atoms with Crippen molar-refractivity contribution in [1.82, 2.24) is 4.90 Å². The molecule has 0 aliphatic carbocycles. The molecule has 0 rings (SSSR count). The van der Waals surface area contributed by atoms with Gasteiger partial charge in [0.2, 0.25) is 0 Å². The quantitative estimate of drug-likeness (QED) is 0.558. The fourth-order valence-corrected chi connectivity index (χ4v) is 3.70. The molecular formula is C18H40N2. The lowest BCUT2D eigenvalue weighted by Gasteiger charge is -2.48. The van der Waals surface area contributed by atoms with Gasteiger partial charge in [0.15, 0.2) is 0 Å². The van der Waals surface area contributed by atoms with Gasteiger partial charge in [-0.1, -0.05) is 47.5 Å². The van der Waals surface area contributed by atoms with Crippen molar-refractivity contribution in [3.8, 4) is 0 Å². The summed E-state index contributed by atoms with van der Waals surface area (Å²) < 4.78 is 0. The fraction of sp³-hybridized carbons (Fsp3) is 1.00. The first-order valence-electron chi connectivity index (χ1n) is 8.75. The zero-order chi connectivity index (χ0) is 15.8. The first-order valence-corrected chi connectivity index (χ1v) is 8.75. The van der Waals surface area contributed by atoms with Crippen molar-refractivity contribution in [2.24, 2.45) is 17.6 Å². The Labute approximate surface area is 128 Å². The molecule has 0 aromatic rings. The van der Waals surface area contributed by atoms with Crippen LogP contribution in [0.1, 0.15) is 80.6 Å². The number of nitrogens with two attached hydrogens (primary N) is 1. The lowest BCUT2D eigenvalue weighted by atomic mass is 9.79. The van der Waals surface area contributed by atoms with Gasteiger partial charge in [0, 0.05) is 18.1 Å². The summed E-state index contributed by atoms with van der Waals surface area (Å²) in [6, 6.07) is 0.577. The third-order valence-electron chi connectivity index (χ3n) is 4.19. The first-order chi connectivity index (χ1) is 9.29. The highest BCUT2D eigenvalue weighted by Gasteiger charge is 2.37. The normalized spacial score (nSPS) is 13.2. The maximum Gasteiger partial charge on any atom is 0.0339 e. The Morgan fingerprint density at radius 3 is 1.70 bits per heavy atom. The van der Waals surface area contributed by atoms with Gasteiger partial charge in [-0.05, 0) is 51.5 Å². The molecule has 0 aliphatic heterocycles. The molecule has 122 valence electrons. The average molecular weight is 285 g/mol. The Balaban J connectivity index is 5.15. The summed E-state index contributed by atoms with van der Waals surface area (Å²) in [4.78, 5) is 2.71. The van der Waals surface area contributed by atoms with Crippen molar-refractivity contribution in [3.63, 3.8) is 0 Å². The van der Waals surface area contributed by atoms with Gasteiger partial charge >= 0.3 is 0 Å². The van der Waals surface area contributed by atoms with E-state index in [1.54, 1.807) is 0 Å². The average Bonchev–Trinajstić information content (AvgIpc) is 2.32. The van der Waals surface area contributed by atoms with E-state index in [1.807, 2.05) is 0 Å². The fourth-order valence-electron chi connectivity index (χ4n) is 3.70. The minimum Gasteiger partial charge on any atom is -0.329 e. The minimum absolute atomic E-state index is 0.185. The zero-order valence-corrected chi connectivity index (χ0v) is 15.2. The van der Waals surface area contributed by atoms with E-state index in [-0.39, 0.29) is 5.54 Å². The second-order valence-electron chi connectivity index (χ2n) is 7.62. The molecular weight excluding hydrogens is 244 g/mol. The lowest BCUT2D eigenvalue weighted by Crippen LogP contribution is -2.58. The topological polar surface area (TPSA) is 29.3 Å². The third kappa shape index (κ3) is 6.58. The molecule has 0 radical (unpaired) electrons. The summed E-state index contributed by atoms with van der Waals surface area (Å²) in [5, 5.41) is 0. The van der Waals surface area contributed by atoms with E-state index in [4.69, 9.17) is 5.73 Å². The maximum atomic E-state index is 6.31. The SMILES string of the molecule is CCCCCN(C(C)C)C(CN)(CC(C)C)CC(C)C. The number of hydrogen-bond acceptors (Lipinski definition) is 2. The van der Waals surface area contributed by atoms with Gasteiger partial charge in [0.05, 0.1) is 0 Å². The highest BCUT2D eigenvalue weighted by molar-refractivity contribution is 4.95. The van der Waals surface area contributed by atoms with Crippen LogP contribution in [0.4, 0.5) is 0 Å². The molecule has 2 N–H and O–H groups in total. The molecule has 0 bridgehead atoms. The van der Waals surface area contributed by atoms with Crippen molar-refractivity contribution in [2.45, 2.75) is 92.2 Å². The van der Waals surface area contributed by atoms with Gasteiger partial charge < -0.3 is 5.73 Å². The largest absolute Gasteiger partial charge is 0.329 e. The Morgan fingerprint density at radius 2 is 1.40 bits per heavy atom. The summed E-state index contributed by atoms with van der Waals surface area (Å²) in [5.74, 6) is 1.40. The van der Waals surface area contributed by atoms with Crippen LogP contribution in [-0.2, 0) is 0 Å². The van der Waals surface area contributed by atoms with Crippen molar-refractivity contribution in [2.75, 3.05) is 13.1 Å². The van der Waals surface area contributed by atoms with Crippen LogP contribution in [-0.4, -0.2) is 29.6 Å². The summed E-state index contributed by atoms with van der Waals surface area (Å²) in [6.07, 6.45) is 6.34. The van der Waals surface area contributed by atoms with E-state index in [0.29, 0.717) is 17.9 Å². The molecule has 0 heterocycles. The predicted octanol–water partition coefficient (Wildman–Crippen LogP) is 4.68. The van der Waals surface area contributed by atoms with E-state index in [0.717, 1.165) is 6.54 Å². The molecule has 0 aromatic carbocycles.